The summed E-state index contributed by atoms with van der Waals surface area (Å²) in [6, 6.07) is 2.39. The van der Waals surface area contributed by atoms with E-state index >= 15 is 0 Å². The minimum atomic E-state index is 0.342. The first-order valence-electron chi connectivity index (χ1n) is 7.25. The van der Waals surface area contributed by atoms with Crippen LogP contribution in [0.5, 0.6) is 11.5 Å². The molecule has 0 saturated carbocycles. The normalized spacial score (nSPS) is 18.6. The van der Waals surface area contributed by atoms with Gasteiger partial charge in [0.2, 0.25) is 0 Å². The molecule has 1 heterocycles. The van der Waals surface area contributed by atoms with Crippen molar-refractivity contribution in [2.75, 3.05) is 20.8 Å². The lowest BCUT2D eigenvalue weighted by molar-refractivity contribution is 0.349. The molecule has 112 valence electrons. The number of methoxy groups -OCH3 is 2. The molecule has 1 atom stereocenters. The van der Waals surface area contributed by atoms with Crippen LogP contribution in [0.4, 0.5) is 0 Å². The highest BCUT2D eigenvalue weighted by atomic mass is 35.5. The van der Waals surface area contributed by atoms with Gasteiger partial charge in [-0.1, -0.05) is 25.4 Å². The molecule has 1 fully saturated rings. The van der Waals surface area contributed by atoms with E-state index in [4.69, 9.17) is 21.1 Å². The monoisotopic (exact) mass is 297 g/mol. The van der Waals surface area contributed by atoms with Gasteiger partial charge in [-0.3, -0.25) is 0 Å². The van der Waals surface area contributed by atoms with Gasteiger partial charge in [0.25, 0.3) is 0 Å². The molecule has 1 saturated heterocycles. The van der Waals surface area contributed by atoms with Crippen LogP contribution in [0.3, 0.4) is 0 Å². The fraction of sp³-hybridized carbons (Fsp3) is 0.625. The second kappa shape index (κ2) is 6.68. The molecule has 2 rings (SSSR count). The zero-order valence-electron chi connectivity index (χ0n) is 12.8. The van der Waals surface area contributed by atoms with Crippen molar-refractivity contribution < 1.29 is 9.47 Å². The first-order valence-corrected chi connectivity index (χ1v) is 7.62. The summed E-state index contributed by atoms with van der Waals surface area (Å²) < 4.78 is 11.0. The summed E-state index contributed by atoms with van der Waals surface area (Å²) in [5.41, 5.74) is 2.37. The average molecular weight is 298 g/mol. The zero-order valence-corrected chi connectivity index (χ0v) is 13.5. The minimum Gasteiger partial charge on any atom is -0.493 e. The summed E-state index contributed by atoms with van der Waals surface area (Å²) in [6.07, 6.45) is 3.40. The Morgan fingerprint density at radius 3 is 2.60 bits per heavy atom. The molecule has 0 amide bonds. The number of benzene rings is 1. The predicted molar refractivity (Wildman–Crippen MR) is 83.4 cm³/mol. The molecule has 4 heteroatoms. The van der Waals surface area contributed by atoms with E-state index < -0.39 is 0 Å². The molecule has 1 aliphatic heterocycles. The van der Waals surface area contributed by atoms with Crippen molar-refractivity contribution in [3.63, 3.8) is 0 Å². The van der Waals surface area contributed by atoms with Crippen molar-refractivity contribution in [3.05, 3.63) is 22.2 Å². The van der Waals surface area contributed by atoms with Crippen molar-refractivity contribution >= 4 is 11.6 Å². The lowest BCUT2D eigenvalue weighted by Crippen LogP contribution is -2.24. The van der Waals surface area contributed by atoms with E-state index in [1.54, 1.807) is 14.2 Å². The third kappa shape index (κ3) is 3.04. The summed E-state index contributed by atoms with van der Waals surface area (Å²) in [5.74, 6) is 1.87. The fourth-order valence-electron chi connectivity index (χ4n) is 3.02. The van der Waals surface area contributed by atoms with E-state index in [9.17, 15) is 0 Å². The molecule has 3 nitrogen and oxygen atoms in total. The van der Waals surface area contributed by atoms with Gasteiger partial charge >= 0.3 is 0 Å². The van der Waals surface area contributed by atoms with Crippen LogP contribution < -0.4 is 14.8 Å². The SMILES string of the molecule is COc1cc(Cl)c(CC2CCCN2)c(C(C)C)c1OC. The minimum absolute atomic E-state index is 0.342. The van der Waals surface area contributed by atoms with Gasteiger partial charge in [0.15, 0.2) is 11.5 Å². The van der Waals surface area contributed by atoms with Gasteiger partial charge in [0, 0.05) is 22.7 Å². The number of hydrogen-bond donors (Lipinski definition) is 1. The molecule has 1 N–H and O–H groups in total. The molecule has 1 unspecified atom stereocenters. The molecule has 1 aromatic carbocycles. The predicted octanol–water partition coefficient (Wildman–Crippen LogP) is 3.78. The van der Waals surface area contributed by atoms with Crippen LogP contribution in [-0.2, 0) is 6.42 Å². The molecule has 0 bridgehead atoms. The van der Waals surface area contributed by atoms with E-state index in [0.717, 1.165) is 23.7 Å². The largest absolute Gasteiger partial charge is 0.493 e. The first-order chi connectivity index (χ1) is 9.58. The first kappa shape index (κ1) is 15.5. The van der Waals surface area contributed by atoms with Crippen LogP contribution in [0.15, 0.2) is 6.07 Å². The summed E-state index contributed by atoms with van der Waals surface area (Å²) in [7, 11) is 3.34. The van der Waals surface area contributed by atoms with Crippen molar-refractivity contribution in [1.29, 1.82) is 0 Å². The standard InChI is InChI=1S/C16H24ClNO2/c1-10(2)15-12(8-11-6-5-7-18-11)13(17)9-14(19-3)16(15)20-4/h9-11,18H,5-8H2,1-4H3. The van der Waals surface area contributed by atoms with Gasteiger partial charge in [0.05, 0.1) is 14.2 Å². The average Bonchev–Trinajstić information content (AvgIpc) is 2.92. The van der Waals surface area contributed by atoms with E-state index in [0.29, 0.717) is 17.7 Å². The lowest BCUT2D eigenvalue weighted by Gasteiger charge is -2.22. The maximum absolute atomic E-state index is 6.50. The van der Waals surface area contributed by atoms with Crippen molar-refractivity contribution in [1.82, 2.24) is 5.32 Å². The molecule has 0 aliphatic carbocycles. The van der Waals surface area contributed by atoms with E-state index in [1.807, 2.05) is 6.07 Å². The van der Waals surface area contributed by atoms with Gasteiger partial charge in [-0.15, -0.1) is 0 Å². The van der Waals surface area contributed by atoms with Crippen LogP contribution in [-0.4, -0.2) is 26.8 Å². The molecule has 20 heavy (non-hydrogen) atoms. The van der Waals surface area contributed by atoms with E-state index in [1.165, 1.54) is 24.0 Å². The molecule has 1 aliphatic rings. The Balaban J connectivity index is 2.47. The summed E-state index contributed by atoms with van der Waals surface area (Å²) in [6.45, 7) is 5.44. The smallest absolute Gasteiger partial charge is 0.164 e. The van der Waals surface area contributed by atoms with Crippen LogP contribution in [0, 0.1) is 0 Å². The topological polar surface area (TPSA) is 30.5 Å². The number of nitrogens with one attached hydrogen (secondary N) is 1. The summed E-state index contributed by atoms with van der Waals surface area (Å²) in [4.78, 5) is 0. The summed E-state index contributed by atoms with van der Waals surface area (Å²) in [5, 5.41) is 4.31. The highest BCUT2D eigenvalue weighted by Crippen LogP contribution is 2.42. The van der Waals surface area contributed by atoms with Gasteiger partial charge in [0.1, 0.15) is 0 Å². The lowest BCUT2D eigenvalue weighted by atomic mass is 9.91. The van der Waals surface area contributed by atoms with Crippen LogP contribution >= 0.6 is 11.6 Å². The maximum Gasteiger partial charge on any atom is 0.164 e. The second-order valence-electron chi connectivity index (χ2n) is 5.64. The maximum atomic E-state index is 6.50. The molecular weight excluding hydrogens is 274 g/mol. The fourth-order valence-corrected chi connectivity index (χ4v) is 3.30. The highest BCUT2D eigenvalue weighted by Gasteiger charge is 2.24. The Labute approximate surface area is 126 Å². The number of halogens is 1. The quantitative estimate of drug-likeness (QED) is 0.897. The Hall–Kier alpha value is -0.930. The number of rotatable bonds is 5. The molecular formula is C16H24ClNO2. The Bertz CT molecular complexity index is 468. The Morgan fingerprint density at radius 1 is 1.35 bits per heavy atom. The second-order valence-corrected chi connectivity index (χ2v) is 6.05. The number of ether oxygens (including phenoxy) is 2. The number of hydrogen-bond acceptors (Lipinski definition) is 3. The Morgan fingerprint density at radius 2 is 2.10 bits per heavy atom. The van der Waals surface area contributed by atoms with Gasteiger partial charge in [-0.25, -0.2) is 0 Å². The molecule has 1 aromatic rings. The van der Waals surface area contributed by atoms with Crippen molar-refractivity contribution in [3.8, 4) is 11.5 Å². The van der Waals surface area contributed by atoms with Gasteiger partial charge in [-0.2, -0.15) is 0 Å². The van der Waals surface area contributed by atoms with Crippen molar-refractivity contribution in [2.45, 2.75) is 45.1 Å². The summed E-state index contributed by atoms with van der Waals surface area (Å²) >= 11 is 6.50. The van der Waals surface area contributed by atoms with Gasteiger partial charge < -0.3 is 14.8 Å². The molecule has 0 aromatic heterocycles. The van der Waals surface area contributed by atoms with Crippen LogP contribution in [0.25, 0.3) is 0 Å². The third-order valence-corrected chi connectivity index (χ3v) is 4.29. The zero-order chi connectivity index (χ0) is 14.7. The van der Waals surface area contributed by atoms with E-state index in [-0.39, 0.29) is 0 Å². The highest BCUT2D eigenvalue weighted by molar-refractivity contribution is 6.31. The van der Waals surface area contributed by atoms with Crippen LogP contribution in [0.1, 0.15) is 43.7 Å². The van der Waals surface area contributed by atoms with Crippen LogP contribution in [0.2, 0.25) is 5.02 Å². The third-order valence-electron chi connectivity index (χ3n) is 3.95. The molecule has 0 radical (unpaired) electrons. The molecule has 0 spiro atoms. The van der Waals surface area contributed by atoms with E-state index in [2.05, 4.69) is 19.2 Å². The van der Waals surface area contributed by atoms with Crippen molar-refractivity contribution in [2.24, 2.45) is 0 Å². The Kier molecular flexibility index (Phi) is 5.17. The van der Waals surface area contributed by atoms with Gasteiger partial charge in [-0.05, 0) is 37.3 Å².